The molecule has 0 saturated carbocycles. The molecule has 0 fully saturated rings. The van der Waals surface area contributed by atoms with Crippen LogP contribution in [0.4, 0.5) is 0 Å². The van der Waals surface area contributed by atoms with Gasteiger partial charge in [-0.15, -0.1) is 0 Å². The van der Waals surface area contributed by atoms with E-state index in [4.69, 9.17) is 27.9 Å². The fourth-order valence-corrected chi connectivity index (χ4v) is 3.97. The van der Waals surface area contributed by atoms with E-state index in [2.05, 4.69) is 4.72 Å². The molecule has 0 bridgehead atoms. The zero-order chi connectivity index (χ0) is 17.7. The van der Waals surface area contributed by atoms with Crippen LogP contribution in [0, 0.1) is 0 Å². The van der Waals surface area contributed by atoms with E-state index in [0.29, 0.717) is 28.0 Å². The van der Waals surface area contributed by atoms with Crippen LogP contribution < -0.4 is 9.46 Å². The highest BCUT2D eigenvalue weighted by molar-refractivity contribution is 7.88. The first-order chi connectivity index (χ1) is 11.3. The first-order valence-corrected chi connectivity index (χ1v) is 9.88. The minimum Gasteiger partial charge on any atom is -0.494 e. The monoisotopic (exact) mass is 387 g/mol. The molecule has 1 unspecified atom stereocenters. The second-order valence-electron chi connectivity index (χ2n) is 5.35. The van der Waals surface area contributed by atoms with Gasteiger partial charge in [0.05, 0.1) is 22.4 Å². The Labute approximate surface area is 152 Å². The van der Waals surface area contributed by atoms with Crippen molar-refractivity contribution in [1.82, 2.24) is 4.72 Å². The Morgan fingerprint density at radius 1 is 1.12 bits per heavy atom. The van der Waals surface area contributed by atoms with Crippen LogP contribution >= 0.6 is 23.2 Å². The average Bonchev–Trinajstić information content (AvgIpc) is 2.51. The van der Waals surface area contributed by atoms with Crippen molar-refractivity contribution in [1.29, 1.82) is 0 Å². The van der Waals surface area contributed by atoms with Crippen molar-refractivity contribution >= 4 is 33.2 Å². The summed E-state index contributed by atoms with van der Waals surface area (Å²) in [6.45, 7) is 4.24. The minimum absolute atomic E-state index is 0.167. The summed E-state index contributed by atoms with van der Waals surface area (Å²) in [5.74, 6) is 0.546. The number of nitrogens with one attached hydrogen (secondary N) is 1. The third-order valence-electron chi connectivity index (χ3n) is 3.37. The Morgan fingerprint density at radius 2 is 1.88 bits per heavy atom. The Balaban J connectivity index is 2.10. The SMILES string of the molecule is CCOc1cccc(C(C)NS(=O)(=O)Cc2ccc(Cl)c(Cl)c2)c1. The second kappa shape index (κ2) is 8.21. The molecule has 0 heterocycles. The Hall–Kier alpha value is -1.27. The van der Waals surface area contributed by atoms with Crippen LogP contribution in [0.25, 0.3) is 0 Å². The van der Waals surface area contributed by atoms with Gasteiger partial charge in [-0.1, -0.05) is 41.4 Å². The molecule has 0 radical (unpaired) electrons. The van der Waals surface area contributed by atoms with Crippen LogP contribution in [0.3, 0.4) is 0 Å². The van der Waals surface area contributed by atoms with Gasteiger partial charge in [0.2, 0.25) is 10.0 Å². The average molecular weight is 388 g/mol. The standard InChI is InChI=1S/C17H19Cl2NO3S/c1-3-23-15-6-4-5-14(10-15)12(2)20-24(21,22)11-13-7-8-16(18)17(19)9-13/h4-10,12,20H,3,11H2,1-2H3. The number of hydrogen-bond acceptors (Lipinski definition) is 3. The molecule has 7 heteroatoms. The van der Waals surface area contributed by atoms with Gasteiger partial charge in [-0.05, 0) is 49.2 Å². The molecule has 0 aromatic heterocycles. The third kappa shape index (κ3) is 5.38. The van der Waals surface area contributed by atoms with Crippen molar-refractivity contribution in [3.8, 4) is 5.75 Å². The molecule has 2 aromatic rings. The number of hydrogen-bond donors (Lipinski definition) is 1. The fraction of sp³-hybridized carbons (Fsp3) is 0.294. The quantitative estimate of drug-likeness (QED) is 0.756. The van der Waals surface area contributed by atoms with Crippen LogP contribution in [0.15, 0.2) is 42.5 Å². The molecule has 1 atom stereocenters. The molecule has 0 aliphatic rings. The molecular weight excluding hydrogens is 369 g/mol. The molecule has 0 saturated heterocycles. The Morgan fingerprint density at radius 3 is 2.54 bits per heavy atom. The number of ether oxygens (including phenoxy) is 1. The molecule has 2 rings (SSSR count). The smallest absolute Gasteiger partial charge is 0.216 e. The summed E-state index contributed by atoms with van der Waals surface area (Å²) in [6.07, 6.45) is 0. The number of halogens is 2. The summed E-state index contributed by atoms with van der Waals surface area (Å²) in [5.41, 5.74) is 1.41. The Kier molecular flexibility index (Phi) is 6.52. The summed E-state index contributed by atoms with van der Waals surface area (Å²) < 4.78 is 32.9. The van der Waals surface area contributed by atoms with E-state index >= 15 is 0 Å². The molecular formula is C17H19Cl2NO3S. The normalized spacial score (nSPS) is 12.8. The first-order valence-electron chi connectivity index (χ1n) is 7.47. The van der Waals surface area contributed by atoms with Gasteiger partial charge in [0.1, 0.15) is 5.75 Å². The highest BCUT2D eigenvalue weighted by Gasteiger charge is 2.17. The topological polar surface area (TPSA) is 55.4 Å². The van der Waals surface area contributed by atoms with E-state index in [-0.39, 0.29) is 11.8 Å². The van der Waals surface area contributed by atoms with Crippen molar-refractivity contribution in [3.05, 3.63) is 63.6 Å². The maximum Gasteiger partial charge on any atom is 0.216 e. The van der Waals surface area contributed by atoms with Crippen molar-refractivity contribution in [2.75, 3.05) is 6.61 Å². The van der Waals surface area contributed by atoms with Crippen LogP contribution in [-0.4, -0.2) is 15.0 Å². The number of sulfonamides is 1. The van der Waals surface area contributed by atoms with Crippen molar-refractivity contribution < 1.29 is 13.2 Å². The molecule has 2 aromatic carbocycles. The van der Waals surface area contributed by atoms with E-state index in [1.54, 1.807) is 25.1 Å². The van der Waals surface area contributed by atoms with Gasteiger partial charge < -0.3 is 4.74 Å². The van der Waals surface area contributed by atoms with E-state index in [9.17, 15) is 8.42 Å². The van der Waals surface area contributed by atoms with Crippen molar-refractivity contribution in [2.24, 2.45) is 0 Å². The lowest BCUT2D eigenvalue weighted by atomic mass is 10.1. The summed E-state index contributed by atoms with van der Waals surface area (Å²) in [5, 5.41) is 0.730. The van der Waals surface area contributed by atoms with Crippen LogP contribution in [0.2, 0.25) is 10.0 Å². The second-order valence-corrected chi connectivity index (χ2v) is 7.92. The molecule has 0 amide bonds. The lowest BCUT2D eigenvalue weighted by molar-refractivity contribution is 0.339. The zero-order valence-corrected chi connectivity index (χ0v) is 15.8. The number of rotatable bonds is 7. The molecule has 0 spiro atoms. The van der Waals surface area contributed by atoms with Crippen LogP contribution in [-0.2, 0) is 15.8 Å². The van der Waals surface area contributed by atoms with Gasteiger partial charge in [0.15, 0.2) is 0 Å². The molecule has 0 aliphatic heterocycles. The van der Waals surface area contributed by atoms with E-state index in [1.165, 1.54) is 0 Å². The lowest BCUT2D eigenvalue weighted by Crippen LogP contribution is -2.28. The predicted octanol–water partition coefficient (Wildman–Crippen LogP) is 4.57. The number of benzene rings is 2. The summed E-state index contributed by atoms with van der Waals surface area (Å²) >= 11 is 11.8. The van der Waals surface area contributed by atoms with Crippen molar-refractivity contribution in [2.45, 2.75) is 25.6 Å². The molecule has 24 heavy (non-hydrogen) atoms. The van der Waals surface area contributed by atoms with Gasteiger partial charge >= 0.3 is 0 Å². The summed E-state index contributed by atoms with van der Waals surface area (Å²) in [4.78, 5) is 0. The van der Waals surface area contributed by atoms with Crippen molar-refractivity contribution in [3.63, 3.8) is 0 Å². The van der Waals surface area contributed by atoms with Gasteiger partial charge in [-0.3, -0.25) is 0 Å². The summed E-state index contributed by atoms with van der Waals surface area (Å²) in [7, 11) is -3.53. The summed E-state index contributed by atoms with van der Waals surface area (Å²) in [6, 6.07) is 11.8. The van der Waals surface area contributed by atoms with E-state index in [0.717, 1.165) is 5.56 Å². The highest BCUT2D eigenvalue weighted by Crippen LogP contribution is 2.24. The van der Waals surface area contributed by atoms with Gasteiger partial charge in [0.25, 0.3) is 0 Å². The fourth-order valence-electron chi connectivity index (χ4n) is 2.27. The predicted molar refractivity (Wildman–Crippen MR) is 98.2 cm³/mol. The van der Waals surface area contributed by atoms with E-state index in [1.807, 2.05) is 31.2 Å². The van der Waals surface area contributed by atoms with Crippen LogP contribution in [0.5, 0.6) is 5.75 Å². The molecule has 130 valence electrons. The molecule has 0 aliphatic carbocycles. The molecule has 1 N–H and O–H groups in total. The van der Waals surface area contributed by atoms with Gasteiger partial charge in [-0.25, -0.2) is 13.1 Å². The third-order valence-corrected chi connectivity index (χ3v) is 5.53. The zero-order valence-electron chi connectivity index (χ0n) is 13.4. The first kappa shape index (κ1) is 19.1. The Bertz CT molecular complexity index is 809. The lowest BCUT2D eigenvalue weighted by Gasteiger charge is -2.16. The molecule has 4 nitrogen and oxygen atoms in total. The highest BCUT2D eigenvalue weighted by atomic mass is 35.5. The van der Waals surface area contributed by atoms with E-state index < -0.39 is 10.0 Å². The maximum atomic E-state index is 12.4. The maximum absolute atomic E-state index is 12.4. The van der Waals surface area contributed by atoms with Gasteiger partial charge in [0, 0.05) is 6.04 Å². The minimum atomic E-state index is -3.53. The van der Waals surface area contributed by atoms with Crippen LogP contribution in [0.1, 0.15) is 31.0 Å². The largest absolute Gasteiger partial charge is 0.494 e. The van der Waals surface area contributed by atoms with Gasteiger partial charge in [-0.2, -0.15) is 0 Å².